The Morgan fingerprint density at radius 3 is 2.39 bits per heavy atom. The highest BCUT2D eigenvalue weighted by Crippen LogP contribution is 2.49. The smallest absolute Gasteiger partial charge is 0.345 e. The standard InChI is InChI=1S/C67H71ClFN9O9S2/c1-8-32-84-38-46-34-48(75-56(79)36-72-64(80)62(88-7)60(70)41(2)3)22-19-45(46)37-78(5)30-27-77(28-31-78)29-33-85-54-24-23-50(42(4)59(54)68)57-58-65(73-40-74-66(58)89-61(57)43-17-20-47(69)21-18-43)87-55(67(81)82)35-44-13-9-11-15-52(44)86-39-49-25-26-71-63(76-49)51-14-10-12-16-53(51)83-6/h1,9-26,34,40-41,55,60,62H,27-33,35-39,70H2,2-7H3,(H2-,72,75,79,80,81,82)/p+1. The number of anilines is 1. The molecule has 8 aromatic rings. The third-order valence-corrected chi connectivity index (χ3v) is 18.3. The normalized spacial score (nSPS) is 14.1. The van der Waals surface area contributed by atoms with Crippen LogP contribution in [0, 0.1) is 31.0 Å². The van der Waals surface area contributed by atoms with E-state index < -0.39 is 23.1 Å². The second-order valence-corrected chi connectivity index (χ2v) is 24.5. The van der Waals surface area contributed by atoms with Gasteiger partial charge < -0.3 is 49.6 Å². The number of nitrogens with zero attached hydrogens (tertiary/aromatic N) is 6. The van der Waals surface area contributed by atoms with Crippen LogP contribution in [-0.4, -0.2) is 143 Å². The summed E-state index contributed by atoms with van der Waals surface area (Å²) in [5.41, 5.74) is 13.5. The number of carbonyl (C=O) groups is 3. The van der Waals surface area contributed by atoms with Crippen LogP contribution >= 0.6 is 34.7 Å². The number of benzene rings is 5. The van der Waals surface area contributed by atoms with Gasteiger partial charge in [0.15, 0.2) is 5.82 Å². The second-order valence-electron chi connectivity index (χ2n) is 22.2. The number of hydrogen-bond acceptors (Lipinski definition) is 16. The summed E-state index contributed by atoms with van der Waals surface area (Å²) >= 11 is 9.95. The molecule has 1 aliphatic rings. The predicted octanol–water partition coefficient (Wildman–Crippen LogP) is 10.5. The molecule has 1 saturated heterocycles. The number of thiophene rings is 1. The van der Waals surface area contributed by atoms with Gasteiger partial charge in [-0.25, -0.2) is 29.1 Å². The number of para-hydroxylation sites is 2. The van der Waals surface area contributed by atoms with Gasteiger partial charge in [-0.2, -0.15) is 11.8 Å². The first-order chi connectivity index (χ1) is 43.0. The molecule has 0 spiro atoms. The van der Waals surface area contributed by atoms with Crippen molar-refractivity contribution in [1.82, 2.24) is 30.2 Å². The van der Waals surface area contributed by atoms with Gasteiger partial charge in [0.2, 0.25) is 23.8 Å². The lowest BCUT2D eigenvalue weighted by Gasteiger charge is -2.42. The van der Waals surface area contributed by atoms with E-state index in [1.807, 2.05) is 81.6 Å². The van der Waals surface area contributed by atoms with E-state index in [9.17, 15) is 23.9 Å². The summed E-state index contributed by atoms with van der Waals surface area (Å²) < 4.78 is 45.7. The van der Waals surface area contributed by atoms with Crippen LogP contribution < -0.4 is 35.3 Å². The summed E-state index contributed by atoms with van der Waals surface area (Å²) in [7, 11) is 3.82. The van der Waals surface area contributed by atoms with Crippen molar-refractivity contribution in [2.75, 3.05) is 78.2 Å². The Labute approximate surface area is 530 Å². The number of nitrogens with two attached hydrogens (primary N) is 1. The summed E-state index contributed by atoms with van der Waals surface area (Å²) in [6.45, 7) is 11.2. The number of rotatable bonds is 28. The third kappa shape index (κ3) is 16.4. The van der Waals surface area contributed by atoms with E-state index in [0.29, 0.717) is 90.7 Å². The molecule has 22 heteroatoms. The molecule has 0 radical (unpaired) electrons. The number of aromatic nitrogens is 4. The van der Waals surface area contributed by atoms with Gasteiger partial charge in [-0.15, -0.1) is 17.8 Å². The first-order valence-electron chi connectivity index (χ1n) is 29.0. The Kier molecular flexibility index (Phi) is 22.2. The van der Waals surface area contributed by atoms with Gasteiger partial charge in [0.25, 0.3) is 0 Å². The molecular formula is C67H72ClFN9O9S2+. The van der Waals surface area contributed by atoms with Crippen molar-refractivity contribution in [1.29, 1.82) is 0 Å². The van der Waals surface area contributed by atoms with Crippen LogP contribution in [0.4, 0.5) is 10.1 Å². The summed E-state index contributed by atoms with van der Waals surface area (Å²) in [5, 5.41) is 16.8. The Morgan fingerprint density at radius 2 is 1.66 bits per heavy atom. The highest BCUT2D eigenvalue weighted by Gasteiger charge is 2.32. The Bertz CT molecular complexity index is 3840. The topological polar surface area (TPSA) is 222 Å². The monoisotopic (exact) mass is 1260 g/mol. The molecule has 9 rings (SSSR count). The molecule has 1 aliphatic heterocycles. The SMILES string of the molecule is C#CCOCc1cc(NC(=O)CNC(=O)C(SC)C(N)C(C)C)ccc1C[N+]1(C)CCN(CCOc2ccc(-c3c(-c4ccc(F)cc4)sc4ncnc(OC(Cc5ccccc5OCc5ccnc(-c6ccccc6OC)n5)C(=O)O)c34)c(C)c2Cl)CC1. The zero-order valence-electron chi connectivity index (χ0n) is 50.5. The van der Waals surface area contributed by atoms with E-state index in [4.69, 9.17) is 52.4 Å². The zero-order valence-corrected chi connectivity index (χ0v) is 52.9. The summed E-state index contributed by atoms with van der Waals surface area (Å²) in [6, 6.07) is 31.7. The van der Waals surface area contributed by atoms with E-state index in [0.717, 1.165) is 58.8 Å². The maximum atomic E-state index is 14.5. The Hall–Kier alpha value is -8.20. The minimum atomic E-state index is -1.43. The fraction of sp³-hybridized carbons (Fsp3) is 0.328. The minimum Gasteiger partial charge on any atom is -0.496 e. The molecule has 18 nitrogen and oxygen atoms in total. The first-order valence-corrected chi connectivity index (χ1v) is 31.5. The molecule has 3 unspecified atom stereocenters. The summed E-state index contributed by atoms with van der Waals surface area (Å²) in [4.78, 5) is 61.1. The maximum Gasteiger partial charge on any atom is 0.345 e. The van der Waals surface area contributed by atoms with Gasteiger partial charge in [0.1, 0.15) is 60.6 Å². The number of likely N-dealkylation sites (N-methyl/N-ethyl adjacent to an activating group) is 1. The second kappa shape index (κ2) is 30.3. The Morgan fingerprint density at radius 1 is 0.910 bits per heavy atom. The lowest BCUT2D eigenvalue weighted by atomic mass is 9.96. The number of amides is 2. The predicted molar refractivity (Wildman–Crippen MR) is 347 cm³/mol. The van der Waals surface area contributed by atoms with E-state index in [1.54, 1.807) is 55.8 Å². The van der Waals surface area contributed by atoms with Gasteiger partial charge in [-0.05, 0) is 102 Å². The van der Waals surface area contributed by atoms with Crippen molar-refractivity contribution >= 4 is 68.4 Å². The van der Waals surface area contributed by atoms with Crippen LogP contribution in [0.2, 0.25) is 5.02 Å². The molecule has 2 amide bonds. The van der Waals surface area contributed by atoms with E-state index in [-0.39, 0.29) is 62.4 Å². The number of carboxylic acids is 1. The fourth-order valence-electron chi connectivity index (χ4n) is 10.6. The van der Waals surface area contributed by atoms with E-state index in [2.05, 4.69) is 43.5 Å². The number of carbonyl (C=O) groups excluding carboxylic acids is 2. The van der Waals surface area contributed by atoms with E-state index >= 15 is 0 Å². The van der Waals surface area contributed by atoms with E-state index in [1.165, 1.54) is 41.6 Å². The number of carboxylic acid groups (broad SMARTS) is 1. The van der Waals surface area contributed by atoms with Crippen LogP contribution in [0.25, 0.3) is 43.2 Å². The number of halogens is 2. The summed E-state index contributed by atoms with van der Waals surface area (Å²) in [5.74, 6) is 2.44. The highest BCUT2D eigenvalue weighted by molar-refractivity contribution is 8.00. The minimum absolute atomic E-state index is 0.0402. The van der Waals surface area contributed by atoms with Crippen LogP contribution in [-0.2, 0) is 45.3 Å². The molecule has 464 valence electrons. The average molecular weight is 1270 g/mol. The highest BCUT2D eigenvalue weighted by atomic mass is 35.5. The first kappa shape index (κ1) is 65.3. The molecular weight excluding hydrogens is 1190 g/mol. The fourth-order valence-corrected chi connectivity index (χ4v) is 12.9. The lowest BCUT2D eigenvalue weighted by molar-refractivity contribution is -0.926. The van der Waals surface area contributed by atoms with Gasteiger partial charge >= 0.3 is 5.97 Å². The van der Waals surface area contributed by atoms with Crippen molar-refractivity contribution in [3.63, 3.8) is 0 Å². The number of fused-ring (bicyclic) bond motifs is 1. The molecule has 0 aliphatic carbocycles. The van der Waals surface area contributed by atoms with Crippen molar-refractivity contribution in [3.05, 3.63) is 161 Å². The number of piperazine rings is 1. The number of thioether (sulfide) groups is 1. The molecule has 4 heterocycles. The molecule has 0 saturated carbocycles. The number of ether oxygens (including phenoxy) is 5. The van der Waals surface area contributed by atoms with Crippen LogP contribution in [0.1, 0.15) is 41.8 Å². The summed E-state index contributed by atoms with van der Waals surface area (Å²) in [6.07, 6.45) is 8.82. The largest absolute Gasteiger partial charge is 0.496 e. The third-order valence-electron chi connectivity index (χ3n) is 15.6. The van der Waals surface area contributed by atoms with Crippen LogP contribution in [0.3, 0.4) is 0 Å². The van der Waals surface area contributed by atoms with Gasteiger partial charge in [-0.1, -0.05) is 86.0 Å². The number of terminal acetylenes is 1. The molecule has 3 aromatic heterocycles. The maximum absolute atomic E-state index is 14.5. The van der Waals surface area contributed by atoms with Crippen molar-refractivity contribution in [3.8, 4) is 68.4 Å². The average Bonchev–Trinajstić information content (AvgIpc) is 1.86. The number of methoxy groups -OCH3 is 1. The van der Waals surface area contributed by atoms with Gasteiger partial charge in [0, 0.05) is 60.0 Å². The molecule has 1 fully saturated rings. The van der Waals surface area contributed by atoms with Crippen molar-refractivity contribution in [2.45, 2.75) is 64.3 Å². The Balaban J connectivity index is 0.864. The van der Waals surface area contributed by atoms with Crippen molar-refractivity contribution < 1.29 is 52.0 Å². The molecule has 3 atom stereocenters. The van der Waals surface area contributed by atoms with Crippen LogP contribution in [0.5, 0.6) is 23.1 Å². The molecule has 5 N–H and O–H groups in total. The number of hydrogen-bond donors (Lipinski definition) is 4. The number of aliphatic carboxylic acids is 1. The molecule has 89 heavy (non-hydrogen) atoms. The van der Waals surface area contributed by atoms with Gasteiger partial charge in [-0.3, -0.25) is 14.5 Å². The number of quaternary nitrogens is 1. The molecule has 0 bridgehead atoms. The lowest BCUT2D eigenvalue weighted by Crippen LogP contribution is -2.57. The quantitative estimate of drug-likeness (QED) is 0.0203. The number of nitrogens with one attached hydrogen (secondary N) is 2. The van der Waals surface area contributed by atoms with Gasteiger partial charge in [0.05, 0.1) is 67.3 Å². The zero-order chi connectivity index (χ0) is 63.2. The van der Waals surface area contributed by atoms with Crippen LogP contribution in [0.15, 0.2) is 122 Å². The van der Waals surface area contributed by atoms with Crippen molar-refractivity contribution in [2.24, 2.45) is 11.7 Å². The molecule has 5 aromatic carbocycles.